The van der Waals surface area contributed by atoms with E-state index in [-0.39, 0.29) is 0 Å². The Bertz CT molecular complexity index is 411. The number of nitrogens with one attached hydrogen (secondary N) is 1. The average Bonchev–Trinajstić information content (AvgIpc) is 2.71. The molecule has 1 heterocycles. The molecule has 5 nitrogen and oxygen atoms in total. The van der Waals surface area contributed by atoms with E-state index in [1.54, 1.807) is 19.1 Å². The van der Waals surface area contributed by atoms with Crippen LogP contribution in [0.4, 0.5) is 0 Å². The summed E-state index contributed by atoms with van der Waals surface area (Å²) in [6.45, 7) is 1.61. The van der Waals surface area contributed by atoms with Gasteiger partial charge in [-0.3, -0.25) is 0 Å². The van der Waals surface area contributed by atoms with E-state index in [1.165, 1.54) is 0 Å². The quantitative estimate of drug-likeness (QED) is 0.774. The molecule has 1 unspecified atom stereocenters. The summed E-state index contributed by atoms with van der Waals surface area (Å²) in [6, 6.07) is 7.26. The van der Waals surface area contributed by atoms with Crippen LogP contribution in [0.15, 0.2) is 24.3 Å². The van der Waals surface area contributed by atoms with Gasteiger partial charge in [0.05, 0.1) is 0 Å². The maximum atomic E-state index is 11.2. The Hall–Kier alpha value is -1.75. The fourth-order valence-corrected chi connectivity index (χ4v) is 1.22. The highest BCUT2D eigenvalue weighted by Gasteiger charge is 2.06. The van der Waals surface area contributed by atoms with Crippen molar-refractivity contribution in [3.63, 3.8) is 0 Å². The van der Waals surface area contributed by atoms with E-state index in [1.807, 2.05) is 12.1 Å². The highest BCUT2D eigenvalue weighted by molar-refractivity contribution is 5.55. The van der Waals surface area contributed by atoms with Crippen molar-refractivity contribution < 1.29 is 5.11 Å². The third kappa shape index (κ3) is 1.62. The summed E-state index contributed by atoms with van der Waals surface area (Å²) in [5.74, 6) is 0.576. The molecular formula is C9H9N4O. The van der Waals surface area contributed by atoms with Crippen LogP contribution >= 0.6 is 0 Å². The predicted molar refractivity (Wildman–Crippen MR) is 48.7 cm³/mol. The zero-order valence-corrected chi connectivity index (χ0v) is 7.64. The molecule has 0 spiro atoms. The Morgan fingerprint density at radius 2 is 2.29 bits per heavy atom. The molecule has 2 rings (SSSR count). The summed E-state index contributed by atoms with van der Waals surface area (Å²) in [5, 5.41) is 24.6. The van der Waals surface area contributed by atoms with Crippen LogP contribution in [0.3, 0.4) is 0 Å². The molecule has 0 saturated heterocycles. The van der Waals surface area contributed by atoms with Gasteiger partial charge in [0, 0.05) is 5.56 Å². The van der Waals surface area contributed by atoms with E-state index in [0.717, 1.165) is 11.1 Å². The number of hydrogen-bond donors (Lipinski definition) is 1. The number of tetrazole rings is 1. The zero-order valence-electron chi connectivity index (χ0n) is 7.64. The maximum Gasteiger partial charge on any atom is 0.179 e. The molecule has 0 bridgehead atoms. The van der Waals surface area contributed by atoms with Gasteiger partial charge in [0.2, 0.25) is 0 Å². The second kappa shape index (κ2) is 3.55. The van der Waals surface area contributed by atoms with Crippen LogP contribution < -0.4 is 0 Å². The van der Waals surface area contributed by atoms with Gasteiger partial charge in [-0.05, 0) is 29.0 Å². The van der Waals surface area contributed by atoms with Crippen LogP contribution in [0, 0.1) is 0 Å². The minimum Gasteiger partial charge on any atom is -0.239 e. The molecule has 5 heteroatoms. The van der Waals surface area contributed by atoms with Crippen LogP contribution in [-0.4, -0.2) is 20.6 Å². The largest absolute Gasteiger partial charge is 0.239 e. The Labute approximate surface area is 80.8 Å². The van der Waals surface area contributed by atoms with Crippen molar-refractivity contribution in [2.45, 2.75) is 13.0 Å². The molecule has 71 valence electrons. The first-order valence-electron chi connectivity index (χ1n) is 4.27. The molecule has 1 radical (unpaired) electrons. The molecule has 0 aliphatic heterocycles. The van der Waals surface area contributed by atoms with E-state index in [0.29, 0.717) is 5.82 Å². The van der Waals surface area contributed by atoms with E-state index >= 15 is 0 Å². The highest BCUT2D eigenvalue weighted by Crippen LogP contribution is 2.19. The van der Waals surface area contributed by atoms with Crippen LogP contribution in [0.1, 0.15) is 18.6 Å². The average molecular weight is 189 g/mol. The lowest BCUT2D eigenvalue weighted by Crippen LogP contribution is -1.90. The normalized spacial score (nSPS) is 12.7. The first-order valence-corrected chi connectivity index (χ1v) is 4.27. The van der Waals surface area contributed by atoms with E-state index in [9.17, 15) is 5.11 Å². The zero-order chi connectivity index (χ0) is 9.97. The molecular weight excluding hydrogens is 180 g/mol. The first kappa shape index (κ1) is 8.83. The van der Waals surface area contributed by atoms with Gasteiger partial charge in [-0.25, -0.2) is 10.2 Å². The molecule has 14 heavy (non-hydrogen) atoms. The predicted octanol–water partition coefficient (Wildman–Crippen LogP) is 1.36. The lowest BCUT2D eigenvalue weighted by molar-refractivity contribution is 0.106. The smallest absolute Gasteiger partial charge is 0.179 e. The highest BCUT2D eigenvalue weighted by atomic mass is 16.3. The minimum absolute atomic E-state index is 0.576. The Morgan fingerprint density at radius 3 is 2.93 bits per heavy atom. The molecule has 0 amide bonds. The van der Waals surface area contributed by atoms with Gasteiger partial charge in [-0.2, -0.15) is 0 Å². The number of H-pyrrole nitrogens is 1. The number of hydrogen-bond acceptors (Lipinski definition) is 3. The standard InChI is InChI=1S/C9H9N4O/c1-6(14)7-3-2-4-8(5-7)9-10-12-13-11-9/h2-6H,1H3,(H,10,11,12,13). The van der Waals surface area contributed by atoms with E-state index in [4.69, 9.17) is 0 Å². The third-order valence-electron chi connectivity index (χ3n) is 1.97. The van der Waals surface area contributed by atoms with Crippen molar-refractivity contribution in [1.82, 2.24) is 20.6 Å². The summed E-state index contributed by atoms with van der Waals surface area (Å²) in [4.78, 5) is 0. The second-order valence-corrected chi connectivity index (χ2v) is 3.02. The molecule has 1 aromatic carbocycles. The number of aromatic nitrogens is 4. The van der Waals surface area contributed by atoms with Crippen molar-refractivity contribution in [1.29, 1.82) is 0 Å². The molecule has 0 aliphatic rings. The van der Waals surface area contributed by atoms with Gasteiger partial charge >= 0.3 is 0 Å². The van der Waals surface area contributed by atoms with Crippen LogP contribution in [-0.2, 0) is 5.11 Å². The number of nitrogens with zero attached hydrogens (tertiary/aromatic N) is 3. The minimum atomic E-state index is -0.731. The van der Waals surface area contributed by atoms with Crippen LogP contribution in [0.2, 0.25) is 0 Å². The summed E-state index contributed by atoms with van der Waals surface area (Å²) in [5.41, 5.74) is 1.56. The molecule has 1 N–H and O–H groups in total. The molecule has 1 aromatic heterocycles. The lowest BCUT2D eigenvalue weighted by Gasteiger charge is -2.02. The van der Waals surface area contributed by atoms with Crippen molar-refractivity contribution in [3.8, 4) is 11.4 Å². The Morgan fingerprint density at radius 1 is 1.43 bits per heavy atom. The van der Waals surface area contributed by atoms with Crippen LogP contribution in [0.25, 0.3) is 11.4 Å². The monoisotopic (exact) mass is 189 g/mol. The van der Waals surface area contributed by atoms with Crippen molar-refractivity contribution in [2.24, 2.45) is 0 Å². The number of aromatic amines is 1. The van der Waals surface area contributed by atoms with E-state index in [2.05, 4.69) is 20.6 Å². The summed E-state index contributed by atoms with van der Waals surface area (Å²) >= 11 is 0. The SMILES string of the molecule is CC([O])c1cccc(-c2nnn[nH]2)c1. The lowest BCUT2D eigenvalue weighted by atomic mass is 10.1. The third-order valence-corrected chi connectivity index (χ3v) is 1.97. The van der Waals surface area contributed by atoms with Gasteiger partial charge in [0.25, 0.3) is 0 Å². The van der Waals surface area contributed by atoms with Gasteiger partial charge in [0.1, 0.15) is 6.10 Å². The topological polar surface area (TPSA) is 74.4 Å². The molecule has 0 fully saturated rings. The Balaban J connectivity index is 2.41. The maximum absolute atomic E-state index is 11.2. The van der Waals surface area contributed by atoms with Gasteiger partial charge in [0.15, 0.2) is 5.82 Å². The number of rotatable bonds is 2. The van der Waals surface area contributed by atoms with Crippen LogP contribution in [0.5, 0.6) is 0 Å². The van der Waals surface area contributed by atoms with Gasteiger partial charge in [-0.15, -0.1) is 5.10 Å². The second-order valence-electron chi connectivity index (χ2n) is 3.02. The Kier molecular flexibility index (Phi) is 2.24. The van der Waals surface area contributed by atoms with E-state index < -0.39 is 6.10 Å². The van der Waals surface area contributed by atoms with Crippen molar-refractivity contribution in [3.05, 3.63) is 29.8 Å². The van der Waals surface area contributed by atoms with Crippen molar-refractivity contribution in [2.75, 3.05) is 0 Å². The molecule has 1 atom stereocenters. The summed E-state index contributed by atoms with van der Waals surface area (Å²) < 4.78 is 0. The van der Waals surface area contributed by atoms with Gasteiger partial charge in [-0.1, -0.05) is 18.2 Å². The molecule has 2 aromatic rings. The molecule has 0 saturated carbocycles. The summed E-state index contributed by atoms with van der Waals surface area (Å²) in [6.07, 6.45) is -0.731. The fraction of sp³-hybridized carbons (Fsp3) is 0.222. The fourth-order valence-electron chi connectivity index (χ4n) is 1.22. The van der Waals surface area contributed by atoms with Crippen molar-refractivity contribution >= 4 is 0 Å². The number of benzene rings is 1. The first-order chi connectivity index (χ1) is 6.77. The summed E-state index contributed by atoms with van der Waals surface area (Å²) in [7, 11) is 0. The van der Waals surface area contributed by atoms with Gasteiger partial charge < -0.3 is 0 Å². The molecule has 0 aliphatic carbocycles.